The zero-order chi connectivity index (χ0) is 17.4. The first-order valence-corrected chi connectivity index (χ1v) is 8.74. The minimum absolute atomic E-state index is 0.301. The largest absolute Gasteiger partial charge is 0.465 e. The van der Waals surface area contributed by atoms with Crippen molar-refractivity contribution in [2.75, 3.05) is 27.2 Å². The van der Waals surface area contributed by atoms with Gasteiger partial charge in [-0.15, -0.1) is 0 Å². The number of hydrogen-bond acceptors (Lipinski definition) is 3. The summed E-state index contributed by atoms with van der Waals surface area (Å²) in [5.74, 6) is 0.561. The molecule has 132 valence electrons. The third-order valence-corrected chi connectivity index (χ3v) is 5.10. The molecule has 0 unspecified atom stereocenters. The maximum atomic E-state index is 11.4. The first kappa shape index (κ1) is 18.3. The number of nitrogens with one attached hydrogen (secondary N) is 2. The van der Waals surface area contributed by atoms with E-state index in [1.54, 1.807) is 19.2 Å². The molecular weight excluding hydrogens is 302 g/mol. The number of methoxy groups -OCH3 is 1. The molecule has 0 amide bonds. The Hall–Kier alpha value is -2.04. The van der Waals surface area contributed by atoms with Crippen molar-refractivity contribution in [3.05, 3.63) is 35.4 Å². The number of carbonyl (C=O) groups excluding carboxylic acids is 1. The molecule has 1 aliphatic carbocycles. The fourth-order valence-corrected chi connectivity index (χ4v) is 3.07. The van der Waals surface area contributed by atoms with Gasteiger partial charge in [-0.25, -0.2) is 4.79 Å². The molecule has 1 saturated carbocycles. The molecule has 1 aliphatic rings. The van der Waals surface area contributed by atoms with Crippen molar-refractivity contribution in [3.63, 3.8) is 0 Å². The van der Waals surface area contributed by atoms with Crippen molar-refractivity contribution < 1.29 is 9.53 Å². The van der Waals surface area contributed by atoms with E-state index in [1.807, 2.05) is 12.1 Å². The van der Waals surface area contributed by atoms with Crippen LogP contribution in [0.1, 0.15) is 48.5 Å². The molecule has 24 heavy (non-hydrogen) atoms. The van der Waals surface area contributed by atoms with E-state index in [1.165, 1.54) is 38.4 Å². The summed E-state index contributed by atoms with van der Waals surface area (Å²) in [6.45, 7) is 4.07. The molecule has 1 fully saturated rings. The standard InChI is InChI=1S/C19H29N3O2/c1-4-19(11-5-12-19)14-22-18(20-2)21-13-10-15-6-8-16(9-7-15)17(23)24-3/h6-9H,4-5,10-14H2,1-3H3,(H2,20,21,22). The Bertz CT molecular complexity index is 557. The van der Waals surface area contributed by atoms with Crippen molar-refractivity contribution in [3.8, 4) is 0 Å². The molecule has 2 N–H and O–H groups in total. The second-order valence-corrected chi connectivity index (χ2v) is 6.50. The molecule has 0 bridgehead atoms. The van der Waals surface area contributed by atoms with Crippen molar-refractivity contribution in [2.45, 2.75) is 39.0 Å². The van der Waals surface area contributed by atoms with Crippen molar-refractivity contribution in [2.24, 2.45) is 10.4 Å². The van der Waals surface area contributed by atoms with Crippen LogP contribution >= 0.6 is 0 Å². The van der Waals surface area contributed by atoms with Gasteiger partial charge in [-0.3, -0.25) is 4.99 Å². The smallest absolute Gasteiger partial charge is 0.337 e. The molecular formula is C19H29N3O2. The van der Waals surface area contributed by atoms with E-state index < -0.39 is 0 Å². The Morgan fingerprint density at radius 1 is 1.25 bits per heavy atom. The van der Waals surface area contributed by atoms with Crippen molar-refractivity contribution >= 4 is 11.9 Å². The Morgan fingerprint density at radius 3 is 2.46 bits per heavy atom. The summed E-state index contributed by atoms with van der Waals surface area (Å²) in [7, 11) is 3.20. The van der Waals surface area contributed by atoms with Crippen LogP contribution in [0.5, 0.6) is 0 Å². The van der Waals surface area contributed by atoms with Gasteiger partial charge in [0, 0.05) is 20.1 Å². The monoisotopic (exact) mass is 331 g/mol. The third-order valence-electron chi connectivity index (χ3n) is 5.10. The predicted octanol–water partition coefficient (Wildman–Crippen LogP) is 2.76. The summed E-state index contributed by atoms with van der Waals surface area (Å²) in [6, 6.07) is 7.53. The maximum Gasteiger partial charge on any atom is 0.337 e. The molecule has 1 aromatic carbocycles. The highest BCUT2D eigenvalue weighted by Gasteiger charge is 2.34. The molecule has 0 aromatic heterocycles. The Morgan fingerprint density at radius 2 is 1.96 bits per heavy atom. The van der Waals surface area contributed by atoms with Gasteiger partial charge in [0.2, 0.25) is 0 Å². The lowest BCUT2D eigenvalue weighted by Gasteiger charge is -2.41. The molecule has 2 rings (SSSR count). The minimum atomic E-state index is -0.301. The average molecular weight is 331 g/mol. The Kier molecular flexibility index (Phi) is 6.64. The minimum Gasteiger partial charge on any atom is -0.465 e. The quantitative estimate of drug-likeness (QED) is 0.458. The van der Waals surface area contributed by atoms with E-state index >= 15 is 0 Å². The van der Waals surface area contributed by atoms with E-state index in [4.69, 9.17) is 4.74 Å². The van der Waals surface area contributed by atoms with Crippen LogP contribution in [0.2, 0.25) is 0 Å². The van der Waals surface area contributed by atoms with Crippen molar-refractivity contribution in [1.82, 2.24) is 10.6 Å². The number of ether oxygens (including phenoxy) is 1. The zero-order valence-corrected chi connectivity index (χ0v) is 15.0. The first-order chi connectivity index (χ1) is 11.6. The van der Waals surface area contributed by atoms with Crippen LogP contribution in [0.25, 0.3) is 0 Å². The topological polar surface area (TPSA) is 62.7 Å². The number of esters is 1. The number of nitrogens with zero attached hydrogens (tertiary/aromatic N) is 1. The summed E-state index contributed by atoms with van der Waals surface area (Å²) >= 11 is 0. The van der Waals surface area contributed by atoms with Crippen LogP contribution in [0.15, 0.2) is 29.3 Å². The molecule has 0 atom stereocenters. The van der Waals surface area contributed by atoms with E-state index in [2.05, 4.69) is 22.5 Å². The molecule has 0 heterocycles. The highest BCUT2D eigenvalue weighted by atomic mass is 16.5. The van der Waals surface area contributed by atoms with E-state index in [0.717, 1.165) is 25.5 Å². The Labute approximate surface area is 144 Å². The van der Waals surface area contributed by atoms with Gasteiger partial charge < -0.3 is 15.4 Å². The normalized spacial score (nSPS) is 16.2. The summed E-state index contributed by atoms with van der Waals surface area (Å²) < 4.78 is 4.71. The number of hydrogen-bond donors (Lipinski definition) is 2. The summed E-state index contributed by atoms with van der Waals surface area (Å²) in [5.41, 5.74) is 2.23. The van der Waals surface area contributed by atoms with Crippen LogP contribution in [0.3, 0.4) is 0 Å². The summed E-state index contributed by atoms with van der Waals surface area (Å²) in [4.78, 5) is 15.7. The highest BCUT2D eigenvalue weighted by molar-refractivity contribution is 5.89. The second kappa shape index (κ2) is 8.71. The van der Waals surface area contributed by atoms with Gasteiger partial charge in [0.15, 0.2) is 5.96 Å². The van der Waals surface area contributed by atoms with Gasteiger partial charge >= 0.3 is 5.97 Å². The lowest BCUT2D eigenvalue weighted by Crippen LogP contribution is -2.46. The Balaban J connectivity index is 1.74. The molecule has 5 nitrogen and oxygen atoms in total. The van der Waals surface area contributed by atoms with Crippen molar-refractivity contribution in [1.29, 1.82) is 0 Å². The zero-order valence-electron chi connectivity index (χ0n) is 15.0. The average Bonchev–Trinajstić information content (AvgIpc) is 2.59. The van der Waals surface area contributed by atoms with Gasteiger partial charge in [0.25, 0.3) is 0 Å². The van der Waals surface area contributed by atoms with E-state index in [9.17, 15) is 4.79 Å². The lowest BCUT2D eigenvalue weighted by atomic mass is 9.67. The van der Waals surface area contributed by atoms with Crippen LogP contribution in [-0.4, -0.2) is 39.2 Å². The van der Waals surface area contributed by atoms with Crippen LogP contribution in [-0.2, 0) is 11.2 Å². The van der Waals surface area contributed by atoms with Gasteiger partial charge in [0.1, 0.15) is 0 Å². The van der Waals surface area contributed by atoms with Gasteiger partial charge in [-0.05, 0) is 48.8 Å². The predicted molar refractivity (Wildman–Crippen MR) is 97.4 cm³/mol. The first-order valence-electron chi connectivity index (χ1n) is 8.74. The second-order valence-electron chi connectivity index (χ2n) is 6.50. The van der Waals surface area contributed by atoms with E-state index in [0.29, 0.717) is 11.0 Å². The molecule has 0 saturated heterocycles. The van der Waals surface area contributed by atoms with E-state index in [-0.39, 0.29) is 5.97 Å². The molecule has 0 aliphatic heterocycles. The summed E-state index contributed by atoms with van der Waals surface area (Å²) in [5, 5.41) is 6.82. The highest BCUT2D eigenvalue weighted by Crippen LogP contribution is 2.42. The lowest BCUT2D eigenvalue weighted by molar-refractivity contribution is 0.0600. The SMILES string of the molecule is CCC1(CNC(=NC)NCCc2ccc(C(=O)OC)cc2)CCC1. The van der Waals surface area contributed by atoms with Gasteiger partial charge in [-0.1, -0.05) is 25.5 Å². The van der Waals surface area contributed by atoms with Crippen LogP contribution in [0, 0.1) is 5.41 Å². The number of aliphatic imine (C=N–C) groups is 1. The fourth-order valence-electron chi connectivity index (χ4n) is 3.07. The number of benzene rings is 1. The third kappa shape index (κ3) is 4.73. The number of guanidine groups is 1. The molecule has 1 aromatic rings. The molecule has 0 spiro atoms. The molecule has 0 radical (unpaired) electrons. The van der Waals surface area contributed by atoms with Gasteiger partial charge in [0.05, 0.1) is 12.7 Å². The fraction of sp³-hybridized carbons (Fsp3) is 0.579. The van der Waals surface area contributed by atoms with Crippen LogP contribution in [0.4, 0.5) is 0 Å². The molecule has 5 heteroatoms. The maximum absolute atomic E-state index is 11.4. The number of carbonyl (C=O) groups is 1. The number of rotatable bonds is 7. The summed E-state index contributed by atoms with van der Waals surface area (Å²) in [6.07, 6.45) is 6.09. The van der Waals surface area contributed by atoms with Gasteiger partial charge in [-0.2, -0.15) is 0 Å². The van der Waals surface area contributed by atoms with Crippen LogP contribution < -0.4 is 10.6 Å².